The Hall–Kier alpha value is -2.88. The molecule has 2 aromatic rings. The van der Waals surface area contributed by atoms with E-state index in [0.29, 0.717) is 19.4 Å². The van der Waals surface area contributed by atoms with Gasteiger partial charge in [-0.3, -0.25) is 9.59 Å². The van der Waals surface area contributed by atoms with Crippen molar-refractivity contribution >= 4 is 17.4 Å². The Morgan fingerprint density at radius 3 is 2.23 bits per heavy atom. The van der Waals surface area contributed by atoms with E-state index in [-0.39, 0.29) is 23.0 Å². The summed E-state index contributed by atoms with van der Waals surface area (Å²) in [5, 5.41) is 0. The first kappa shape index (κ1) is 20.4. The maximum atomic E-state index is 13.9. The third-order valence-electron chi connectivity index (χ3n) is 6.49. The van der Waals surface area contributed by atoms with Gasteiger partial charge in [0.2, 0.25) is 5.91 Å². The Labute approximate surface area is 179 Å². The van der Waals surface area contributed by atoms with Crippen LogP contribution in [0.3, 0.4) is 0 Å². The minimum absolute atomic E-state index is 0.0638. The molecule has 156 valence electrons. The smallest absolute Gasteiger partial charge is 0.241 e. The molecule has 0 aromatic heterocycles. The Morgan fingerprint density at radius 1 is 1.00 bits per heavy atom. The van der Waals surface area contributed by atoms with Crippen LogP contribution in [-0.4, -0.2) is 30.7 Å². The SMILES string of the molecule is CN(C)c1ccc([C@H]2C=CN(Cc3ccccc3)C(=O)[C@]23CC(C)(C)CC3=O)cc1. The quantitative estimate of drug-likeness (QED) is 0.692. The molecule has 0 saturated heterocycles. The van der Waals surface area contributed by atoms with Crippen molar-refractivity contribution in [3.8, 4) is 0 Å². The molecule has 30 heavy (non-hydrogen) atoms. The molecular weight excluding hydrogens is 372 g/mol. The van der Waals surface area contributed by atoms with Crippen molar-refractivity contribution in [1.29, 1.82) is 0 Å². The summed E-state index contributed by atoms with van der Waals surface area (Å²) in [6.07, 6.45) is 4.96. The predicted octanol–water partition coefficient (Wildman–Crippen LogP) is 4.77. The average molecular weight is 403 g/mol. The van der Waals surface area contributed by atoms with Gasteiger partial charge in [0.05, 0.1) is 6.54 Å². The average Bonchev–Trinajstić information content (AvgIpc) is 2.96. The molecule has 1 fully saturated rings. The summed E-state index contributed by atoms with van der Waals surface area (Å²) in [4.78, 5) is 31.1. The molecule has 4 nitrogen and oxygen atoms in total. The van der Waals surface area contributed by atoms with Gasteiger partial charge in [0.1, 0.15) is 11.2 Å². The van der Waals surface area contributed by atoms with Crippen molar-refractivity contribution in [2.45, 2.75) is 39.2 Å². The summed E-state index contributed by atoms with van der Waals surface area (Å²) >= 11 is 0. The molecule has 2 aliphatic rings. The number of carbonyl (C=O) groups is 2. The van der Waals surface area contributed by atoms with E-state index in [9.17, 15) is 9.59 Å². The highest BCUT2D eigenvalue weighted by Gasteiger charge is 2.61. The number of hydrogen-bond acceptors (Lipinski definition) is 3. The molecule has 2 atom stereocenters. The lowest BCUT2D eigenvalue weighted by Crippen LogP contribution is -2.50. The molecule has 0 radical (unpaired) electrons. The van der Waals surface area contributed by atoms with Crippen molar-refractivity contribution in [2.75, 3.05) is 19.0 Å². The van der Waals surface area contributed by atoms with E-state index < -0.39 is 5.41 Å². The normalized spacial score (nSPS) is 25.2. The first-order valence-electron chi connectivity index (χ1n) is 10.6. The third kappa shape index (κ3) is 3.45. The molecule has 1 aliphatic carbocycles. The second-order valence-corrected chi connectivity index (χ2v) is 9.64. The number of anilines is 1. The fourth-order valence-electron chi connectivity index (χ4n) is 5.08. The molecular formula is C26H30N2O2. The van der Waals surface area contributed by atoms with Crippen LogP contribution in [0, 0.1) is 10.8 Å². The lowest BCUT2D eigenvalue weighted by molar-refractivity contribution is -0.148. The number of rotatable bonds is 4. The summed E-state index contributed by atoms with van der Waals surface area (Å²) in [5.41, 5.74) is 1.98. The highest BCUT2D eigenvalue weighted by atomic mass is 16.2. The third-order valence-corrected chi connectivity index (χ3v) is 6.49. The first-order valence-corrected chi connectivity index (χ1v) is 10.6. The Morgan fingerprint density at radius 2 is 1.67 bits per heavy atom. The van der Waals surface area contributed by atoms with Gasteiger partial charge in [0.25, 0.3) is 0 Å². The van der Waals surface area contributed by atoms with Gasteiger partial charge in [0, 0.05) is 38.3 Å². The van der Waals surface area contributed by atoms with Crippen LogP contribution >= 0.6 is 0 Å². The fourth-order valence-corrected chi connectivity index (χ4v) is 5.08. The minimum Gasteiger partial charge on any atom is -0.378 e. The van der Waals surface area contributed by atoms with Gasteiger partial charge in [-0.25, -0.2) is 0 Å². The summed E-state index contributed by atoms with van der Waals surface area (Å²) in [7, 11) is 4.01. The number of hydrogen-bond donors (Lipinski definition) is 0. The standard InChI is InChI=1S/C26H30N2O2/c1-25(2)16-23(29)26(18-25)22(20-10-12-21(13-11-20)27(3)4)14-15-28(24(26)30)17-19-8-6-5-7-9-19/h5-15,22H,16-18H2,1-4H3/t22-,26-/m1/s1. The van der Waals surface area contributed by atoms with Crippen LogP contribution < -0.4 is 4.90 Å². The molecule has 0 unspecified atom stereocenters. The summed E-state index contributed by atoms with van der Waals surface area (Å²) in [6.45, 7) is 4.68. The van der Waals surface area contributed by atoms with Crippen LogP contribution in [0.5, 0.6) is 0 Å². The molecule has 0 bridgehead atoms. The zero-order valence-corrected chi connectivity index (χ0v) is 18.3. The van der Waals surface area contributed by atoms with Crippen LogP contribution in [0.25, 0.3) is 0 Å². The molecule has 2 aromatic carbocycles. The van der Waals surface area contributed by atoms with Crippen LogP contribution in [0.1, 0.15) is 43.7 Å². The lowest BCUT2D eigenvalue weighted by Gasteiger charge is -2.41. The Balaban J connectivity index is 1.76. The zero-order valence-electron chi connectivity index (χ0n) is 18.3. The van der Waals surface area contributed by atoms with Crippen LogP contribution in [0.4, 0.5) is 5.69 Å². The topological polar surface area (TPSA) is 40.6 Å². The van der Waals surface area contributed by atoms with Gasteiger partial charge in [-0.2, -0.15) is 0 Å². The van der Waals surface area contributed by atoms with E-state index in [1.807, 2.05) is 55.5 Å². The van der Waals surface area contributed by atoms with Crippen molar-refractivity contribution in [3.63, 3.8) is 0 Å². The molecule has 1 amide bonds. The molecule has 4 heteroatoms. The van der Waals surface area contributed by atoms with Crippen molar-refractivity contribution in [1.82, 2.24) is 4.90 Å². The summed E-state index contributed by atoms with van der Waals surface area (Å²) < 4.78 is 0. The number of carbonyl (C=O) groups excluding carboxylic acids is 2. The number of Topliss-reactive ketones (excluding diaryl/α,β-unsaturated/α-hetero) is 1. The molecule has 1 spiro atoms. The Kier molecular flexibility index (Phi) is 5.05. The van der Waals surface area contributed by atoms with E-state index in [1.165, 1.54) is 0 Å². The Bertz CT molecular complexity index is 976. The highest BCUT2D eigenvalue weighted by molar-refractivity contribution is 6.10. The van der Waals surface area contributed by atoms with Gasteiger partial charge >= 0.3 is 0 Å². The van der Waals surface area contributed by atoms with Gasteiger partial charge in [-0.15, -0.1) is 0 Å². The summed E-state index contributed by atoms with van der Waals surface area (Å²) in [6, 6.07) is 18.2. The molecule has 0 N–H and O–H groups in total. The fraction of sp³-hybridized carbons (Fsp3) is 0.385. The van der Waals surface area contributed by atoms with E-state index in [2.05, 4.69) is 44.2 Å². The van der Waals surface area contributed by atoms with E-state index in [0.717, 1.165) is 16.8 Å². The maximum Gasteiger partial charge on any atom is 0.241 e. The minimum atomic E-state index is -1.02. The zero-order chi connectivity index (χ0) is 21.5. The van der Waals surface area contributed by atoms with Gasteiger partial charge < -0.3 is 9.80 Å². The van der Waals surface area contributed by atoms with Crippen molar-refractivity contribution in [3.05, 3.63) is 78.0 Å². The van der Waals surface area contributed by atoms with Crippen molar-refractivity contribution in [2.24, 2.45) is 10.8 Å². The largest absolute Gasteiger partial charge is 0.378 e. The number of allylic oxidation sites excluding steroid dienone is 1. The molecule has 1 aliphatic heterocycles. The number of benzene rings is 2. The number of amides is 1. The summed E-state index contributed by atoms with van der Waals surface area (Å²) in [5.74, 6) is -0.227. The van der Waals surface area contributed by atoms with Crippen LogP contribution in [0.15, 0.2) is 66.9 Å². The number of ketones is 1. The van der Waals surface area contributed by atoms with Crippen LogP contribution in [0.2, 0.25) is 0 Å². The van der Waals surface area contributed by atoms with Gasteiger partial charge in [0.15, 0.2) is 0 Å². The maximum absolute atomic E-state index is 13.9. The van der Waals surface area contributed by atoms with Gasteiger partial charge in [-0.1, -0.05) is 62.4 Å². The van der Waals surface area contributed by atoms with Crippen molar-refractivity contribution < 1.29 is 9.59 Å². The first-order chi connectivity index (χ1) is 14.2. The van der Waals surface area contributed by atoms with E-state index >= 15 is 0 Å². The molecule has 1 saturated carbocycles. The highest BCUT2D eigenvalue weighted by Crippen LogP contribution is 2.56. The molecule has 1 heterocycles. The number of nitrogens with zero attached hydrogens (tertiary/aromatic N) is 2. The van der Waals surface area contributed by atoms with E-state index in [1.54, 1.807) is 4.90 Å². The predicted molar refractivity (Wildman–Crippen MR) is 120 cm³/mol. The van der Waals surface area contributed by atoms with E-state index in [4.69, 9.17) is 0 Å². The monoisotopic (exact) mass is 402 g/mol. The van der Waals surface area contributed by atoms with Gasteiger partial charge in [-0.05, 0) is 35.1 Å². The lowest BCUT2D eigenvalue weighted by atomic mass is 9.66. The second kappa shape index (κ2) is 7.42. The molecule has 4 rings (SSSR count). The van der Waals surface area contributed by atoms with Crippen LogP contribution in [-0.2, 0) is 16.1 Å². The second-order valence-electron chi connectivity index (χ2n) is 9.64.